The van der Waals surface area contributed by atoms with E-state index in [0.717, 1.165) is 64.7 Å². The summed E-state index contributed by atoms with van der Waals surface area (Å²) in [5.74, 6) is 0.842. The smallest absolute Gasteiger partial charge is 0.257 e. The van der Waals surface area contributed by atoms with Crippen molar-refractivity contribution in [3.05, 3.63) is 47.1 Å². The van der Waals surface area contributed by atoms with Gasteiger partial charge in [0.05, 0.1) is 23.5 Å². The number of nitrogens with one attached hydrogen (secondary N) is 1. The van der Waals surface area contributed by atoms with E-state index >= 15 is 0 Å². The summed E-state index contributed by atoms with van der Waals surface area (Å²) in [5.41, 5.74) is 1.32. The van der Waals surface area contributed by atoms with Crippen molar-refractivity contribution in [3.8, 4) is 0 Å². The van der Waals surface area contributed by atoms with Crippen LogP contribution in [0.3, 0.4) is 0 Å². The van der Waals surface area contributed by atoms with E-state index in [0.29, 0.717) is 40.1 Å². The molecule has 0 saturated carbocycles. The summed E-state index contributed by atoms with van der Waals surface area (Å²) in [7, 11) is 0. The zero-order valence-electron chi connectivity index (χ0n) is 22.4. The summed E-state index contributed by atoms with van der Waals surface area (Å²) in [4.78, 5) is 49.1. The summed E-state index contributed by atoms with van der Waals surface area (Å²) in [6.07, 6.45) is 8.45. The number of benzene rings is 1. The average molecular weight is 540 g/mol. The fraction of sp³-hybridized carbons (Fsp3) is 0.517. The molecule has 4 rings (SSSR count). The molecule has 1 N–H and O–H groups in total. The van der Waals surface area contributed by atoms with Crippen molar-refractivity contribution in [2.75, 3.05) is 42.9 Å². The second kappa shape index (κ2) is 13.2. The standard InChI is InChI=1S/C29H38ClN5O3/c1-3-5-10-26(36)34(4-2)16-7-8-21-13-17-33(18-14-21)20-27(37)35-25-12-11-22(30)19-23(25)29(38)32-24-9-6-15-31-28(24)35/h6,9,11-12,15,19,21H,3-5,7-8,10,13-14,16-18,20H2,1-2H3,(H,32,38). The summed E-state index contributed by atoms with van der Waals surface area (Å²) in [5, 5.41) is 3.29. The Morgan fingerprint density at radius 2 is 1.95 bits per heavy atom. The first-order chi connectivity index (χ1) is 18.4. The van der Waals surface area contributed by atoms with E-state index in [4.69, 9.17) is 11.6 Å². The van der Waals surface area contributed by atoms with Crippen LogP contribution >= 0.6 is 11.6 Å². The van der Waals surface area contributed by atoms with Crippen molar-refractivity contribution >= 4 is 46.5 Å². The molecule has 0 spiro atoms. The molecule has 0 aliphatic carbocycles. The largest absolute Gasteiger partial charge is 0.343 e. The van der Waals surface area contributed by atoms with Crippen molar-refractivity contribution in [2.24, 2.45) is 5.92 Å². The third-order valence-corrected chi connectivity index (χ3v) is 7.76. The molecule has 0 radical (unpaired) electrons. The minimum Gasteiger partial charge on any atom is -0.343 e. The van der Waals surface area contributed by atoms with Crippen LogP contribution in [-0.2, 0) is 9.59 Å². The van der Waals surface area contributed by atoms with E-state index in [1.807, 2.05) is 4.90 Å². The first kappa shape index (κ1) is 28.0. The second-order valence-corrected chi connectivity index (χ2v) is 10.6. The number of amides is 3. The van der Waals surface area contributed by atoms with E-state index in [2.05, 4.69) is 29.0 Å². The van der Waals surface area contributed by atoms with E-state index in [-0.39, 0.29) is 24.3 Å². The van der Waals surface area contributed by atoms with Crippen LogP contribution in [0.5, 0.6) is 0 Å². The van der Waals surface area contributed by atoms with Gasteiger partial charge >= 0.3 is 0 Å². The Balaban J connectivity index is 1.34. The normalized spacial score (nSPS) is 15.9. The highest BCUT2D eigenvalue weighted by Gasteiger charge is 2.32. The van der Waals surface area contributed by atoms with E-state index in [1.165, 1.54) is 0 Å². The van der Waals surface area contributed by atoms with Crippen LogP contribution in [0.15, 0.2) is 36.5 Å². The van der Waals surface area contributed by atoms with Gasteiger partial charge in [0.15, 0.2) is 5.82 Å². The lowest BCUT2D eigenvalue weighted by atomic mass is 9.92. The summed E-state index contributed by atoms with van der Waals surface area (Å²) >= 11 is 6.17. The molecule has 0 unspecified atom stereocenters. The Hall–Kier alpha value is -2.97. The van der Waals surface area contributed by atoms with Crippen molar-refractivity contribution < 1.29 is 14.4 Å². The third-order valence-electron chi connectivity index (χ3n) is 7.53. The summed E-state index contributed by atoms with van der Waals surface area (Å²) in [6.45, 7) is 7.70. The van der Waals surface area contributed by atoms with Crippen LogP contribution in [-0.4, -0.2) is 65.2 Å². The number of aromatic nitrogens is 1. The number of carbonyl (C=O) groups excluding carboxylic acids is 3. The number of fused-ring (bicyclic) bond motifs is 2. The molecule has 2 aliphatic rings. The van der Waals surface area contributed by atoms with E-state index in [1.54, 1.807) is 41.4 Å². The Labute approximate surface area is 230 Å². The average Bonchev–Trinajstić information content (AvgIpc) is 3.04. The van der Waals surface area contributed by atoms with Crippen LogP contribution < -0.4 is 10.2 Å². The highest BCUT2D eigenvalue weighted by atomic mass is 35.5. The fourth-order valence-electron chi connectivity index (χ4n) is 5.33. The van der Waals surface area contributed by atoms with Gasteiger partial charge in [0.2, 0.25) is 11.8 Å². The van der Waals surface area contributed by atoms with Crippen LogP contribution in [0.25, 0.3) is 0 Å². The molecule has 204 valence electrons. The van der Waals surface area contributed by atoms with E-state index in [9.17, 15) is 14.4 Å². The molecule has 8 nitrogen and oxygen atoms in total. The van der Waals surface area contributed by atoms with Crippen molar-refractivity contribution in [1.29, 1.82) is 0 Å². The number of piperidine rings is 1. The number of unbranched alkanes of at least 4 members (excludes halogenated alkanes) is 1. The molecule has 1 saturated heterocycles. The number of anilines is 3. The van der Waals surface area contributed by atoms with Crippen molar-refractivity contribution in [2.45, 2.75) is 58.8 Å². The summed E-state index contributed by atoms with van der Waals surface area (Å²) in [6, 6.07) is 8.45. The van der Waals surface area contributed by atoms with Crippen LogP contribution in [0, 0.1) is 5.92 Å². The van der Waals surface area contributed by atoms with Crippen LogP contribution in [0.2, 0.25) is 5.02 Å². The lowest BCUT2D eigenvalue weighted by Gasteiger charge is -2.33. The number of halogens is 1. The molecular formula is C29H38ClN5O3. The topological polar surface area (TPSA) is 85.9 Å². The predicted octanol–water partition coefficient (Wildman–Crippen LogP) is 5.50. The quantitative estimate of drug-likeness (QED) is 0.431. The zero-order valence-corrected chi connectivity index (χ0v) is 23.2. The van der Waals surface area contributed by atoms with Gasteiger partial charge in [-0.05, 0) is 88.4 Å². The van der Waals surface area contributed by atoms with Crippen LogP contribution in [0.4, 0.5) is 17.2 Å². The van der Waals surface area contributed by atoms with Crippen molar-refractivity contribution in [1.82, 2.24) is 14.8 Å². The lowest BCUT2D eigenvalue weighted by molar-refractivity contribution is -0.131. The highest BCUT2D eigenvalue weighted by Crippen LogP contribution is 2.37. The van der Waals surface area contributed by atoms with Gasteiger partial charge in [-0.1, -0.05) is 24.9 Å². The van der Waals surface area contributed by atoms with Gasteiger partial charge in [0.25, 0.3) is 5.91 Å². The van der Waals surface area contributed by atoms with Gasteiger partial charge in [-0.2, -0.15) is 0 Å². The molecule has 1 aromatic heterocycles. The Morgan fingerprint density at radius 3 is 2.68 bits per heavy atom. The molecule has 0 atom stereocenters. The number of rotatable bonds is 10. The summed E-state index contributed by atoms with van der Waals surface area (Å²) < 4.78 is 0. The molecule has 0 bridgehead atoms. The number of hydrogen-bond donors (Lipinski definition) is 1. The maximum absolute atomic E-state index is 13.7. The first-order valence-electron chi connectivity index (χ1n) is 13.8. The predicted molar refractivity (Wildman–Crippen MR) is 151 cm³/mol. The molecule has 9 heteroatoms. The maximum atomic E-state index is 13.7. The number of hydrogen-bond acceptors (Lipinski definition) is 5. The number of nitrogens with zero attached hydrogens (tertiary/aromatic N) is 4. The van der Waals surface area contributed by atoms with Crippen molar-refractivity contribution in [3.63, 3.8) is 0 Å². The third kappa shape index (κ3) is 6.72. The highest BCUT2D eigenvalue weighted by molar-refractivity contribution is 6.31. The number of pyridine rings is 1. The van der Waals surface area contributed by atoms with Gasteiger partial charge < -0.3 is 10.2 Å². The molecule has 3 amide bonds. The monoisotopic (exact) mass is 539 g/mol. The van der Waals surface area contributed by atoms with E-state index < -0.39 is 0 Å². The lowest BCUT2D eigenvalue weighted by Crippen LogP contribution is -2.42. The molecular weight excluding hydrogens is 502 g/mol. The molecule has 1 aromatic carbocycles. The minimum absolute atomic E-state index is 0.132. The van der Waals surface area contributed by atoms with Gasteiger partial charge in [-0.25, -0.2) is 4.98 Å². The zero-order chi connectivity index (χ0) is 27.1. The Morgan fingerprint density at radius 1 is 1.16 bits per heavy atom. The number of carbonyl (C=O) groups is 3. The SMILES string of the molecule is CCCCC(=O)N(CC)CCCC1CCN(CC(=O)N2c3ccc(Cl)cc3C(=O)Nc3cccnc32)CC1. The first-order valence-corrected chi connectivity index (χ1v) is 14.2. The van der Waals surface area contributed by atoms with Gasteiger partial charge in [0, 0.05) is 30.7 Å². The number of likely N-dealkylation sites (tertiary alicyclic amines) is 1. The maximum Gasteiger partial charge on any atom is 0.257 e. The second-order valence-electron chi connectivity index (χ2n) is 10.2. The molecule has 3 heterocycles. The molecule has 1 fully saturated rings. The Bertz CT molecular complexity index is 1150. The van der Waals surface area contributed by atoms with Gasteiger partial charge in [-0.15, -0.1) is 0 Å². The molecule has 2 aliphatic heterocycles. The molecule has 38 heavy (non-hydrogen) atoms. The Kier molecular flexibility index (Phi) is 9.74. The fourth-order valence-corrected chi connectivity index (χ4v) is 5.50. The van der Waals surface area contributed by atoms with Gasteiger partial charge in [-0.3, -0.25) is 24.2 Å². The van der Waals surface area contributed by atoms with Crippen LogP contribution in [0.1, 0.15) is 69.2 Å². The minimum atomic E-state index is -0.318. The van der Waals surface area contributed by atoms with Gasteiger partial charge in [0.1, 0.15) is 0 Å². The molecule has 2 aromatic rings.